The monoisotopic (exact) mass is 500 g/mol. The van der Waals surface area contributed by atoms with Crippen molar-refractivity contribution >= 4 is 35.6 Å². The zero-order valence-electron chi connectivity index (χ0n) is 17.9. The summed E-state index contributed by atoms with van der Waals surface area (Å²) in [5, 5.41) is 3.52. The molecule has 2 aliphatic rings. The second kappa shape index (κ2) is 11.1. The van der Waals surface area contributed by atoms with E-state index in [1.54, 1.807) is 7.11 Å². The lowest BCUT2D eigenvalue weighted by atomic mass is 9.92. The number of anilines is 1. The summed E-state index contributed by atoms with van der Waals surface area (Å²) in [7, 11) is 1.73. The van der Waals surface area contributed by atoms with Gasteiger partial charge in [0.25, 0.3) is 0 Å². The highest BCUT2D eigenvalue weighted by atomic mass is 127. The summed E-state index contributed by atoms with van der Waals surface area (Å²) in [5.74, 6) is 4.14. The van der Waals surface area contributed by atoms with Crippen molar-refractivity contribution in [3.05, 3.63) is 24.3 Å². The lowest BCUT2D eigenvalue weighted by Gasteiger charge is -2.37. The zero-order valence-corrected chi connectivity index (χ0v) is 20.2. The van der Waals surface area contributed by atoms with Crippen LogP contribution in [0.25, 0.3) is 0 Å². The van der Waals surface area contributed by atoms with E-state index in [0.717, 1.165) is 62.8 Å². The summed E-state index contributed by atoms with van der Waals surface area (Å²) in [6.45, 7) is 13.1. The van der Waals surface area contributed by atoms with Crippen LogP contribution in [-0.4, -0.2) is 57.2 Å². The van der Waals surface area contributed by atoms with Crippen LogP contribution >= 0.6 is 24.0 Å². The van der Waals surface area contributed by atoms with Crippen molar-refractivity contribution in [2.24, 2.45) is 22.7 Å². The Morgan fingerprint density at radius 1 is 1.21 bits per heavy atom. The standard InChI is InChI=1S/C22H36N4O.HI/c1-5-23-22(26-14-17(2)11-18(3)15-26)24-13-19-9-10-25(16-19)20-7-6-8-21(12-20)27-4;/h6-8,12,17-19H,5,9-11,13-16H2,1-4H3,(H,23,24);1H. The van der Waals surface area contributed by atoms with E-state index in [2.05, 4.69) is 54.1 Å². The number of hydrogen-bond acceptors (Lipinski definition) is 3. The molecule has 3 unspecified atom stereocenters. The molecule has 2 fully saturated rings. The maximum Gasteiger partial charge on any atom is 0.193 e. The molecule has 2 heterocycles. The third-order valence-electron chi connectivity index (χ3n) is 5.71. The third-order valence-corrected chi connectivity index (χ3v) is 5.71. The highest BCUT2D eigenvalue weighted by Gasteiger charge is 2.26. The number of hydrogen-bond donors (Lipinski definition) is 1. The molecule has 2 aliphatic heterocycles. The fraction of sp³-hybridized carbons (Fsp3) is 0.682. The lowest BCUT2D eigenvalue weighted by Crippen LogP contribution is -2.48. The van der Waals surface area contributed by atoms with Gasteiger partial charge in [-0.05, 0) is 49.7 Å². The quantitative estimate of drug-likeness (QED) is 0.376. The maximum absolute atomic E-state index is 5.37. The number of halogens is 1. The molecule has 1 N–H and O–H groups in total. The fourth-order valence-electron chi connectivity index (χ4n) is 4.50. The summed E-state index contributed by atoms with van der Waals surface area (Å²) in [6, 6.07) is 8.38. The smallest absolute Gasteiger partial charge is 0.193 e. The lowest BCUT2D eigenvalue weighted by molar-refractivity contribution is 0.208. The van der Waals surface area contributed by atoms with E-state index in [1.165, 1.54) is 18.5 Å². The van der Waals surface area contributed by atoms with E-state index in [-0.39, 0.29) is 24.0 Å². The van der Waals surface area contributed by atoms with Crippen LogP contribution in [0.15, 0.2) is 29.3 Å². The van der Waals surface area contributed by atoms with Crippen LogP contribution in [-0.2, 0) is 0 Å². The number of rotatable bonds is 5. The van der Waals surface area contributed by atoms with Gasteiger partial charge in [0, 0.05) is 51.0 Å². The molecule has 0 spiro atoms. The van der Waals surface area contributed by atoms with Crippen LogP contribution in [0, 0.1) is 17.8 Å². The molecule has 0 radical (unpaired) electrons. The maximum atomic E-state index is 5.37. The Morgan fingerprint density at radius 3 is 2.64 bits per heavy atom. The first-order valence-corrected chi connectivity index (χ1v) is 10.5. The van der Waals surface area contributed by atoms with Crippen molar-refractivity contribution in [2.45, 2.75) is 33.6 Å². The number of methoxy groups -OCH3 is 1. The molecule has 0 bridgehead atoms. The first kappa shape index (κ1) is 23.1. The molecule has 1 aromatic carbocycles. The van der Waals surface area contributed by atoms with Crippen molar-refractivity contribution in [3.63, 3.8) is 0 Å². The Bertz CT molecular complexity index is 629. The Balaban J connectivity index is 0.00000280. The average Bonchev–Trinajstić information content (AvgIpc) is 3.13. The number of nitrogens with zero attached hydrogens (tertiary/aromatic N) is 3. The van der Waals surface area contributed by atoms with Gasteiger partial charge < -0.3 is 19.9 Å². The first-order chi connectivity index (χ1) is 13.1. The molecule has 158 valence electrons. The van der Waals surface area contributed by atoms with Gasteiger partial charge in [-0.25, -0.2) is 0 Å². The minimum Gasteiger partial charge on any atom is -0.497 e. The van der Waals surface area contributed by atoms with Gasteiger partial charge in [-0.3, -0.25) is 4.99 Å². The number of piperidine rings is 1. The number of guanidine groups is 1. The van der Waals surface area contributed by atoms with Crippen molar-refractivity contribution in [2.75, 3.05) is 51.3 Å². The van der Waals surface area contributed by atoms with E-state index in [9.17, 15) is 0 Å². The summed E-state index contributed by atoms with van der Waals surface area (Å²) < 4.78 is 5.37. The molecule has 28 heavy (non-hydrogen) atoms. The van der Waals surface area contributed by atoms with Gasteiger partial charge in [0.1, 0.15) is 5.75 Å². The third kappa shape index (κ3) is 6.16. The Labute approximate surface area is 187 Å². The minimum absolute atomic E-state index is 0. The topological polar surface area (TPSA) is 40.1 Å². The molecule has 0 saturated carbocycles. The number of aliphatic imine (C=N–C) groups is 1. The highest BCUT2D eigenvalue weighted by molar-refractivity contribution is 14.0. The van der Waals surface area contributed by atoms with Gasteiger partial charge in [0.15, 0.2) is 5.96 Å². The molecule has 3 rings (SSSR count). The highest BCUT2D eigenvalue weighted by Crippen LogP contribution is 2.27. The van der Waals surface area contributed by atoms with Crippen LogP contribution in [0.5, 0.6) is 5.75 Å². The second-order valence-electron chi connectivity index (χ2n) is 8.35. The number of likely N-dealkylation sites (tertiary alicyclic amines) is 1. The van der Waals surface area contributed by atoms with Crippen molar-refractivity contribution < 1.29 is 4.74 Å². The van der Waals surface area contributed by atoms with Gasteiger partial charge in [-0.15, -0.1) is 24.0 Å². The average molecular weight is 500 g/mol. The molecule has 6 heteroatoms. The van der Waals surface area contributed by atoms with E-state index < -0.39 is 0 Å². The Morgan fingerprint density at radius 2 is 1.96 bits per heavy atom. The SMILES string of the molecule is CCNC(=NCC1CCN(c2cccc(OC)c2)C1)N1CC(C)CC(C)C1.I. The van der Waals surface area contributed by atoms with Gasteiger partial charge in [-0.1, -0.05) is 19.9 Å². The molecular formula is C22H37IN4O. The molecule has 2 saturated heterocycles. The summed E-state index contributed by atoms with van der Waals surface area (Å²) in [5.41, 5.74) is 1.26. The molecule has 0 aromatic heterocycles. The molecule has 0 amide bonds. The largest absolute Gasteiger partial charge is 0.497 e. The van der Waals surface area contributed by atoms with Crippen molar-refractivity contribution in [1.29, 1.82) is 0 Å². The normalized spacial score (nSPS) is 25.4. The Hall–Kier alpha value is -1.18. The van der Waals surface area contributed by atoms with Crippen LogP contribution < -0.4 is 15.0 Å². The van der Waals surface area contributed by atoms with Gasteiger partial charge in [-0.2, -0.15) is 0 Å². The minimum atomic E-state index is 0. The number of ether oxygens (including phenoxy) is 1. The van der Waals surface area contributed by atoms with Crippen molar-refractivity contribution in [1.82, 2.24) is 10.2 Å². The van der Waals surface area contributed by atoms with Crippen LogP contribution in [0.2, 0.25) is 0 Å². The molecular weight excluding hydrogens is 463 g/mol. The molecule has 0 aliphatic carbocycles. The van der Waals surface area contributed by atoms with E-state index in [1.807, 2.05) is 6.07 Å². The van der Waals surface area contributed by atoms with Crippen LogP contribution in [0.4, 0.5) is 5.69 Å². The molecule has 1 aromatic rings. The fourth-order valence-corrected chi connectivity index (χ4v) is 4.50. The van der Waals surface area contributed by atoms with E-state index >= 15 is 0 Å². The first-order valence-electron chi connectivity index (χ1n) is 10.5. The molecule has 3 atom stereocenters. The predicted octanol–water partition coefficient (Wildman–Crippen LogP) is 4.08. The van der Waals surface area contributed by atoms with E-state index in [4.69, 9.17) is 9.73 Å². The summed E-state index contributed by atoms with van der Waals surface area (Å²) in [4.78, 5) is 9.96. The van der Waals surface area contributed by atoms with Gasteiger partial charge >= 0.3 is 0 Å². The second-order valence-corrected chi connectivity index (χ2v) is 8.35. The van der Waals surface area contributed by atoms with E-state index in [0.29, 0.717) is 5.92 Å². The number of benzene rings is 1. The van der Waals surface area contributed by atoms with Crippen molar-refractivity contribution in [3.8, 4) is 5.75 Å². The number of nitrogens with one attached hydrogen (secondary N) is 1. The Kier molecular flexibility index (Phi) is 9.18. The summed E-state index contributed by atoms with van der Waals surface area (Å²) >= 11 is 0. The zero-order chi connectivity index (χ0) is 19.2. The van der Waals surface area contributed by atoms with Gasteiger partial charge in [0.05, 0.1) is 7.11 Å². The molecule has 5 nitrogen and oxygen atoms in total. The van der Waals surface area contributed by atoms with Gasteiger partial charge in [0.2, 0.25) is 0 Å². The van der Waals surface area contributed by atoms with Crippen LogP contribution in [0.1, 0.15) is 33.6 Å². The van der Waals surface area contributed by atoms with Crippen LogP contribution in [0.3, 0.4) is 0 Å². The summed E-state index contributed by atoms with van der Waals surface area (Å²) in [6.07, 6.45) is 2.53. The predicted molar refractivity (Wildman–Crippen MR) is 129 cm³/mol.